The summed E-state index contributed by atoms with van der Waals surface area (Å²) in [6, 6.07) is 11.3. The predicted molar refractivity (Wildman–Crippen MR) is 162 cm³/mol. The molecule has 2 aliphatic carbocycles. The summed E-state index contributed by atoms with van der Waals surface area (Å²) in [7, 11) is 0. The smallest absolute Gasteiger partial charge is 0.206 e. The predicted octanol–water partition coefficient (Wildman–Crippen LogP) is 4.45. The van der Waals surface area contributed by atoms with Gasteiger partial charge in [0.2, 0.25) is 5.82 Å². The number of nitrogens with zero attached hydrogens (tertiary/aromatic N) is 6. The Labute approximate surface area is 256 Å². The lowest BCUT2D eigenvalue weighted by molar-refractivity contribution is 0.0105. The number of tetrazole rings is 1. The minimum Gasteiger partial charge on any atom is -0.381 e. The van der Waals surface area contributed by atoms with Crippen molar-refractivity contribution in [2.75, 3.05) is 37.0 Å². The fraction of sp³-hybridized carbons (Fsp3) is 0.600. The van der Waals surface area contributed by atoms with Gasteiger partial charge in [0.25, 0.3) is 0 Å². The highest BCUT2D eigenvalue weighted by molar-refractivity contribution is 6.33. The average Bonchev–Trinajstić information content (AvgIpc) is 3.62. The number of pyridine rings is 2. The van der Waals surface area contributed by atoms with Gasteiger partial charge in [0.1, 0.15) is 17.2 Å². The van der Waals surface area contributed by atoms with Crippen LogP contribution in [0.1, 0.15) is 64.1 Å². The highest BCUT2D eigenvalue weighted by Crippen LogP contribution is 2.47. The summed E-state index contributed by atoms with van der Waals surface area (Å²) in [6.45, 7) is 4.54. The topological polar surface area (TPSA) is 159 Å². The van der Waals surface area contributed by atoms with Crippen LogP contribution in [0.15, 0.2) is 30.5 Å². The maximum absolute atomic E-state index is 9.77. The Morgan fingerprint density at radius 1 is 1.14 bits per heavy atom. The van der Waals surface area contributed by atoms with Gasteiger partial charge in [0.15, 0.2) is 0 Å². The number of aromatic amines is 1. The van der Waals surface area contributed by atoms with Gasteiger partial charge in [-0.25, -0.2) is 9.97 Å². The van der Waals surface area contributed by atoms with E-state index in [-0.39, 0.29) is 11.6 Å². The maximum atomic E-state index is 9.77. The van der Waals surface area contributed by atoms with Crippen LogP contribution in [0, 0.1) is 16.7 Å². The summed E-state index contributed by atoms with van der Waals surface area (Å²) in [5.41, 5.74) is 0.794. The van der Waals surface area contributed by atoms with Crippen molar-refractivity contribution in [2.45, 2.75) is 82.0 Å². The first-order valence-electron chi connectivity index (χ1n) is 15.2. The highest BCUT2D eigenvalue weighted by atomic mass is 35.5. The van der Waals surface area contributed by atoms with Gasteiger partial charge in [-0.3, -0.25) is 0 Å². The third-order valence-electron chi connectivity index (χ3n) is 8.84. The van der Waals surface area contributed by atoms with E-state index in [0.717, 1.165) is 68.4 Å². The molecule has 0 spiro atoms. The number of anilines is 2. The van der Waals surface area contributed by atoms with Crippen LogP contribution >= 0.6 is 11.6 Å². The molecule has 12 nitrogen and oxygen atoms in total. The molecule has 4 N–H and O–H groups in total. The molecule has 6 rings (SSSR count). The third-order valence-corrected chi connectivity index (χ3v) is 9.14. The largest absolute Gasteiger partial charge is 0.381 e. The summed E-state index contributed by atoms with van der Waals surface area (Å²) >= 11 is 6.59. The molecule has 3 aromatic heterocycles. The van der Waals surface area contributed by atoms with E-state index in [4.69, 9.17) is 26.1 Å². The molecule has 3 aliphatic rings. The molecule has 1 unspecified atom stereocenters. The summed E-state index contributed by atoms with van der Waals surface area (Å²) < 4.78 is 11.7. The van der Waals surface area contributed by atoms with Gasteiger partial charge in [-0.05, 0) is 76.5 Å². The molecule has 0 radical (unpaired) electrons. The quantitative estimate of drug-likeness (QED) is 0.231. The van der Waals surface area contributed by atoms with Crippen LogP contribution < -0.4 is 16.0 Å². The molecule has 13 heteroatoms. The monoisotopic (exact) mass is 606 g/mol. The van der Waals surface area contributed by atoms with E-state index in [9.17, 15) is 5.26 Å². The molecular formula is C30H39ClN10O2. The minimum atomic E-state index is -0.433. The molecule has 43 heavy (non-hydrogen) atoms. The molecule has 2 saturated carbocycles. The Morgan fingerprint density at radius 2 is 1.93 bits per heavy atom. The SMILES string of the molecule is CC(COC1(c2nn[nH]n2)CC1)NC1CCC(Nc2cc(-c3cccc(NCC4(C#N)CCOCC4)n3)c(Cl)cn2)CC1. The van der Waals surface area contributed by atoms with Crippen LogP contribution in [-0.4, -0.2) is 75.1 Å². The molecule has 0 bridgehead atoms. The third kappa shape index (κ3) is 7.24. The Morgan fingerprint density at radius 3 is 2.65 bits per heavy atom. The Bertz CT molecular complexity index is 1400. The summed E-state index contributed by atoms with van der Waals surface area (Å²) in [4.78, 5) is 9.36. The van der Waals surface area contributed by atoms with Crippen molar-refractivity contribution in [3.8, 4) is 17.3 Å². The zero-order valence-electron chi connectivity index (χ0n) is 24.5. The Kier molecular flexibility index (Phi) is 9.04. The Balaban J connectivity index is 0.994. The van der Waals surface area contributed by atoms with Crippen molar-refractivity contribution < 1.29 is 9.47 Å². The Hall–Kier alpha value is -3.37. The van der Waals surface area contributed by atoms with Crippen molar-refractivity contribution in [1.29, 1.82) is 5.26 Å². The summed E-state index contributed by atoms with van der Waals surface area (Å²) in [5.74, 6) is 2.16. The minimum absolute atomic E-state index is 0.235. The van der Waals surface area contributed by atoms with Gasteiger partial charge in [-0.2, -0.15) is 10.5 Å². The molecule has 3 fully saturated rings. The van der Waals surface area contributed by atoms with E-state index in [0.29, 0.717) is 55.1 Å². The standard InChI is InChI=1S/C30H39ClN10O2/c1-20(17-43-30(9-10-30)28-38-40-41-39-28)35-21-5-7-22(8-6-21)36-27-15-23(24(31)16-33-27)25-3-2-4-26(37-25)34-19-29(18-32)11-13-42-14-12-29/h2-4,15-16,20-22,35H,5-14,17,19H2,1H3,(H,33,36)(H,34,37)(H,38,39,40,41). The number of hydrogen-bond donors (Lipinski definition) is 4. The fourth-order valence-corrected chi connectivity index (χ4v) is 6.20. The van der Waals surface area contributed by atoms with Gasteiger partial charge < -0.3 is 25.4 Å². The van der Waals surface area contributed by atoms with E-state index in [1.54, 1.807) is 6.20 Å². The van der Waals surface area contributed by atoms with Gasteiger partial charge in [-0.1, -0.05) is 22.9 Å². The van der Waals surface area contributed by atoms with Crippen LogP contribution in [0.25, 0.3) is 11.3 Å². The first-order valence-corrected chi connectivity index (χ1v) is 15.6. The molecule has 0 aromatic carbocycles. The molecule has 4 heterocycles. The van der Waals surface area contributed by atoms with E-state index in [2.05, 4.69) is 54.6 Å². The van der Waals surface area contributed by atoms with Gasteiger partial charge >= 0.3 is 0 Å². The van der Waals surface area contributed by atoms with Gasteiger partial charge in [0, 0.05) is 49.6 Å². The number of ether oxygens (including phenoxy) is 2. The number of halogens is 1. The van der Waals surface area contributed by atoms with Gasteiger partial charge in [0.05, 0.1) is 28.8 Å². The molecule has 1 saturated heterocycles. The second kappa shape index (κ2) is 13.1. The normalized spacial score (nSPS) is 23.2. The number of rotatable bonds is 12. The maximum Gasteiger partial charge on any atom is 0.206 e. The fourth-order valence-electron chi connectivity index (χ4n) is 6.00. The molecular weight excluding hydrogens is 568 g/mol. The second-order valence-corrected chi connectivity index (χ2v) is 12.5. The zero-order chi connectivity index (χ0) is 29.7. The van der Waals surface area contributed by atoms with E-state index >= 15 is 0 Å². The van der Waals surface area contributed by atoms with Crippen LogP contribution in [0.2, 0.25) is 5.02 Å². The number of nitrogens with one attached hydrogen (secondary N) is 4. The summed E-state index contributed by atoms with van der Waals surface area (Å²) in [6.07, 6.45) is 9.23. The van der Waals surface area contributed by atoms with Crippen molar-refractivity contribution in [1.82, 2.24) is 35.9 Å². The molecule has 1 atom stereocenters. The molecule has 3 aromatic rings. The van der Waals surface area contributed by atoms with Crippen LogP contribution in [-0.2, 0) is 15.1 Å². The molecule has 0 amide bonds. The van der Waals surface area contributed by atoms with E-state index in [1.807, 2.05) is 24.3 Å². The number of aromatic nitrogens is 6. The van der Waals surface area contributed by atoms with Crippen molar-refractivity contribution in [3.63, 3.8) is 0 Å². The van der Waals surface area contributed by atoms with Crippen LogP contribution in [0.3, 0.4) is 0 Å². The van der Waals surface area contributed by atoms with Crippen molar-refractivity contribution >= 4 is 23.2 Å². The average molecular weight is 607 g/mol. The van der Waals surface area contributed by atoms with E-state index < -0.39 is 5.41 Å². The van der Waals surface area contributed by atoms with Crippen LogP contribution in [0.4, 0.5) is 11.6 Å². The molecule has 228 valence electrons. The lowest BCUT2D eigenvalue weighted by Crippen LogP contribution is -2.43. The number of nitriles is 1. The van der Waals surface area contributed by atoms with Gasteiger partial charge in [-0.15, -0.1) is 10.2 Å². The lowest BCUT2D eigenvalue weighted by atomic mass is 9.82. The number of hydrogen-bond acceptors (Lipinski definition) is 11. The second-order valence-electron chi connectivity index (χ2n) is 12.1. The highest BCUT2D eigenvalue weighted by Gasteiger charge is 2.50. The summed E-state index contributed by atoms with van der Waals surface area (Å²) in [5, 5.41) is 35.5. The molecule has 1 aliphatic heterocycles. The number of H-pyrrole nitrogens is 1. The lowest BCUT2D eigenvalue weighted by Gasteiger charge is -2.32. The van der Waals surface area contributed by atoms with Crippen LogP contribution in [0.5, 0.6) is 0 Å². The van der Waals surface area contributed by atoms with Crippen molar-refractivity contribution in [2.24, 2.45) is 5.41 Å². The van der Waals surface area contributed by atoms with Crippen molar-refractivity contribution in [3.05, 3.63) is 41.3 Å². The zero-order valence-corrected chi connectivity index (χ0v) is 25.2. The first kappa shape index (κ1) is 29.7. The first-order chi connectivity index (χ1) is 21.0. The van der Waals surface area contributed by atoms with E-state index in [1.165, 1.54) is 0 Å².